The Hall–Kier alpha value is -2.67. The second-order valence-electron chi connectivity index (χ2n) is 4.85. The van der Waals surface area contributed by atoms with E-state index in [9.17, 15) is 4.39 Å². The molecule has 118 valence electrons. The van der Waals surface area contributed by atoms with Crippen LogP contribution in [0.25, 0.3) is 0 Å². The third-order valence-electron chi connectivity index (χ3n) is 3.12. The number of hydrogen-bond acceptors (Lipinski definition) is 5. The van der Waals surface area contributed by atoms with Gasteiger partial charge < -0.3 is 10.6 Å². The number of aryl methyl sites for hydroxylation is 1. The molecule has 8 heteroatoms. The van der Waals surface area contributed by atoms with Crippen LogP contribution in [-0.4, -0.2) is 19.7 Å². The van der Waals surface area contributed by atoms with Gasteiger partial charge in [-0.1, -0.05) is 17.7 Å². The minimum atomic E-state index is -0.354. The van der Waals surface area contributed by atoms with Gasteiger partial charge in [0, 0.05) is 36.6 Å². The van der Waals surface area contributed by atoms with Crippen LogP contribution in [0.1, 0.15) is 5.56 Å². The molecule has 0 saturated heterocycles. The first-order valence-electron chi connectivity index (χ1n) is 6.87. The monoisotopic (exact) mass is 332 g/mol. The lowest BCUT2D eigenvalue weighted by atomic mass is 10.2. The minimum absolute atomic E-state index is 0.231. The molecule has 0 aliphatic carbocycles. The molecule has 2 N–H and O–H groups in total. The van der Waals surface area contributed by atoms with Gasteiger partial charge in [-0.05, 0) is 18.2 Å². The number of aromatic nitrogens is 4. The molecule has 0 spiro atoms. The Morgan fingerprint density at radius 2 is 2.17 bits per heavy atom. The van der Waals surface area contributed by atoms with Gasteiger partial charge >= 0.3 is 0 Å². The van der Waals surface area contributed by atoms with Gasteiger partial charge in [0.1, 0.15) is 11.6 Å². The van der Waals surface area contributed by atoms with E-state index in [1.54, 1.807) is 35.3 Å². The van der Waals surface area contributed by atoms with Crippen molar-refractivity contribution >= 4 is 29.1 Å². The predicted molar refractivity (Wildman–Crippen MR) is 87.3 cm³/mol. The van der Waals surface area contributed by atoms with Crippen molar-refractivity contribution in [3.05, 3.63) is 59.3 Å². The van der Waals surface area contributed by atoms with Crippen LogP contribution in [0, 0.1) is 5.82 Å². The Bertz CT molecular complexity index is 799. The minimum Gasteiger partial charge on any atom is -0.366 e. The van der Waals surface area contributed by atoms with Crippen molar-refractivity contribution in [2.75, 3.05) is 10.6 Å². The van der Waals surface area contributed by atoms with Gasteiger partial charge in [-0.3, -0.25) is 4.68 Å². The summed E-state index contributed by atoms with van der Waals surface area (Å²) >= 11 is 6.00. The maximum absolute atomic E-state index is 13.7. The molecule has 0 saturated carbocycles. The molecule has 0 fully saturated rings. The van der Waals surface area contributed by atoms with Crippen molar-refractivity contribution in [2.45, 2.75) is 6.54 Å². The van der Waals surface area contributed by atoms with Crippen molar-refractivity contribution in [1.29, 1.82) is 0 Å². The molecule has 23 heavy (non-hydrogen) atoms. The standard InChI is InChI=1S/C15H14ClFN6/c1-23-9-10(7-20-23)21-15-18-6-5-14(22-15)19-8-11-12(16)3-2-4-13(11)17/h2-7,9H,8H2,1H3,(H2,18,19,21,22). The lowest BCUT2D eigenvalue weighted by Gasteiger charge is -2.09. The maximum atomic E-state index is 13.7. The first kappa shape index (κ1) is 15.2. The fraction of sp³-hybridized carbons (Fsp3) is 0.133. The van der Waals surface area contributed by atoms with Gasteiger partial charge in [0.05, 0.1) is 11.9 Å². The molecular weight excluding hydrogens is 319 g/mol. The molecule has 0 amide bonds. The van der Waals surface area contributed by atoms with Crippen molar-refractivity contribution in [2.24, 2.45) is 7.05 Å². The highest BCUT2D eigenvalue weighted by Crippen LogP contribution is 2.20. The van der Waals surface area contributed by atoms with E-state index in [0.29, 0.717) is 22.4 Å². The number of anilines is 3. The second kappa shape index (κ2) is 6.62. The molecule has 0 aliphatic rings. The number of halogens is 2. The number of benzene rings is 1. The summed E-state index contributed by atoms with van der Waals surface area (Å²) in [4.78, 5) is 8.45. The van der Waals surface area contributed by atoms with Gasteiger partial charge in [-0.2, -0.15) is 10.1 Å². The van der Waals surface area contributed by atoms with E-state index in [1.165, 1.54) is 6.07 Å². The highest BCUT2D eigenvalue weighted by molar-refractivity contribution is 6.31. The zero-order chi connectivity index (χ0) is 16.2. The summed E-state index contributed by atoms with van der Waals surface area (Å²) in [7, 11) is 1.82. The summed E-state index contributed by atoms with van der Waals surface area (Å²) in [5.41, 5.74) is 1.18. The van der Waals surface area contributed by atoms with E-state index < -0.39 is 0 Å². The molecule has 0 atom stereocenters. The van der Waals surface area contributed by atoms with Crippen LogP contribution in [-0.2, 0) is 13.6 Å². The largest absolute Gasteiger partial charge is 0.366 e. The molecule has 0 radical (unpaired) electrons. The van der Waals surface area contributed by atoms with Crippen LogP contribution in [0.3, 0.4) is 0 Å². The molecule has 6 nitrogen and oxygen atoms in total. The summed E-state index contributed by atoms with van der Waals surface area (Å²) in [6.45, 7) is 0.231. The van der Waals surface area contributed by atoms with Crippen LogP contribution in [0.2, 0.25) is 5.02 Å². The Morgan fingerprint density at radius 3 is 2.91 bits per heavy atom. The molecule has 3 rings (SSSR count). The zero-order valence-corrected chi connectivity index (χ0v) is 13.0. The average molecular weight is 333 g/mol. The Balaban J connectivity index is 1.70. The van der Waals surface area contributed by atoms with Gasteiger partial charge in [-0.25, -0.2) is 9.37 Å². The highest BCUT2D eigenvalue weighted by atomic mass is 35.5. The molecule has 3 aromatic rings. The van der Waals surface area contributed by atoms with Crippen molar-refractivity contribution in [3.8, 4) is 0 Å². The van der Waals surface area contributed by atoms with E-state index in [2.05, 4.69) is 25.7 Å². The molecule has 0 bridgehead atoms. The van der Waals surface area contributed by atoms with Gasteiger partial charge in [-0.15, -0.1) is 0 Å². The lowest BCUT2D eigenvalue weighted by Crippen LogP contribution is -2.06. The van der Waals surface area contributed by atoms with E-state index in [0.717, 1.165) is 5.69 Å². The summed E-state index contributed by atoms with van der Waals surface area (Å²) in [6, 6.07) is 6.29. The first-order chi connectivity index (χ1) is 11.1. The smallest absolute Gasteiger partial charge is 0.229 e. The first-order valence-corrected chi connectivity index (χ1v) is 7.25. The normalized spacial score (nSPS) is 10.6. The van der Waals surface area contributed by atoms with Gasteiger partial charge in [0.2, 0.25) is 5.95 Å². The quantitative estimate of drug-likeness (QED) is 0.750. The van der Waals surface area contributed by atoms with Gasteiger partial charge in [0.25, 0.3) is 0 Å². The Kier molecular flexibility index (Phi) is 4.38. The molecule has 2 aromatic heterocycles. The van der Waals surface area contributed by atoms with Crippen LogP contribution < -0.4 is 10.6 Å². The van der Waals surface area contributed by atoms with Crippen LogP contribution in [0.15, 0.2) is 42.9 Å². The maximum Gasteiger partial charge on any atom is 0.229 e. The zero-order valence-electron chi connectivity index (χ0n) is 12.3. The topological polar surface area (TPSA) is 67.7 Å². The average Bonchev–Trinajstić information content (AvgIpc) is 2.92. The molecular formula is C15H14ClFN6. The van der Waals surface area contributed by atoms with E-state index >= 15 is 0 Å². The fourth-order valence-corrected chi connectivity index (χ4v) is 2.24. The summed E-state index contributed by atoms with van der Waals surface area (Å²) < 4.78 is 15.4. The number of nitrogens with zero attached hydrogens (tertiary/aromatic N) is 4. The van der Waals surface area contributed by atoms with Crippen molar-refractivity contribution in [1.82, 2.24) is 19.7 Å². The Labute approximate surface area is 137 Å². The van der Waals surface area contributed by atoms with Gasteiger partial charge in [0.15, 0.2) is 0 Å². The molecule has 0 unspecified atom stereocenters. The fourth-order valence-electron chi connectivity index (χ4n) is 2.01. The SMILES string of the molecule is Cn1cc(Nc2nccc(NCc3c(F)cccc3Cl)n2)cn1. The predicted octanol–water partition coefficient (Wildman–Crippen LogP) is 3.36. The van der Waals surface area contributed by atoms with Crippen LogP contribution in [0.4, 0.5) is 21.8 Å². The van der Waals surface area contributed by atoms with Crippen molar-refractivity contribution in [3.63, 3.8) is 0 Å². The number of nitrogens with one attached hydrogen (secondary N) is 2. The lowest BCUT2D eigenvalue weighted by molar-refractivity contribution is 0.613. The van der Waals surface area contributed by atoms with E-state index in [-0.39, 0.29) is 12.4 Å². The summed E-state index contributed by atoms with van der Waals surface area (Å²) in [5, 5.41) is 10.5. The molecule has 2 heterocycles. The summed E-state index contributed by atoms with van der Waals surface area (Å²) in [5.74, 6) is 0.626. The molecule has 0 aliphatic heterocycles. The van der Waals surface area contributed by atoms with Crippen LogP contribution >= 0.6 is 11.6 Å². The highest BCUT2D eigenvalue weighted by Gasteiger charge is 2.07. The van der Waals surface area contributed by atoms with Crippen LogP contribution in [0.5, 0.6) is 0 Å². The second-order valence-corrected chi connectivity index (χ2v) is 5.25. The summed E-state index contributed by atoms with van der Waals surface area (Å²) in [6.07, 6.45) is 5.09. The van der Waals surface area contributed by atoms with Crippen molar-refractivity contribution < 1.29 is 4.39 Å². The number of hydrogen-bond donors (Lipinski definition) is 2. The van der Waals surface area contributed by atoms with E-state index in [1.807, 2.05) is 13.2 Å². The molecule has 1 aromatic carbocycles. The number of rotatable bonds is 5. The third-order valence-corrected chi connectivity index (χ3v) is 3.48. The Morgan fingerprint density at radius 1 is 1.30 bits per heavy atom. The van der Waals surface area contributed by atoms with E-state index in [4.69, 9.17) is 11.6 Å². The third kappa shape index (κ3) is 3.75.